The van der Waals surface area contributed by atoms with Crippen LogP contribution >= 0.6 is 0 Å². The van der Waals surface area contributed by atoms with Crippen LogP contribution in [0.3, 0.4) is 0 Å². The molecule has 1 unspecified atom stereocenters. The van der Waals surface area contributed by atoms with Gasteiger partial charge in [-0.3, -0.25) is 0 Å². The Morgan fingerprint density at radius 1 is 1.20 bits per heavy atom. The highest BCUT2D eigenvalue weighted by molar-refractivity contribution is 5.51. The van der Waals surface area contributed by atoms with E-state index in [9.17, 15) is 9.50 Å². The number of phenols is 1. The van der Waals surface area contributed by atoms with Crippen LogP contribution in [-0.4, -0.2) is 12.2 Å². The van der Waals surface area contributed by atoms with Gasteiger partial charge in [-0.25, -0.2) is 4.39 Å². The molecule has 2 aromatic carbocycles. The van der Waals surface area contributed by atoms with E-state index in [-0.39, 0.29) is 17.6 Å². The van der Waals surface area contributed by atoms with Crippen LogP contribution in [0.1, 0.15) is 24.1 Å². The Balaban J connectivity index is 2.27. The van der Waals surface area contributed by atoms with E-state index in [4.69, 9.17) is 4.74 Å². The number of anilines is 1. The summed E-state index contributed by atoms with van der Waals surface area (Å²) in [5, 5.41) is 13.0. The van der Waals surface area contributed by atoms with Crippen LogP contribution in [0, 0.1) is 12.7 Å². The molecule has 0 aliphatic heterocycles. The van der Waals surface area contributed by atoms with E-state index in [0.29, 0.717) is 17.0 Å². The van der Waals surface area contributed by atoms with Crippen LogP contribution in [0.15, 0.2) is 36.4 Å². The minimum Gasteiger partial charge on any atom is -0.508 e. The van der Waals surface area contributed by atoms with Gasteiger partial charge in [0.25, 0.3) is 0 Å². The fourth-order valence-electron chi connectivity index (χ4n) is 2.07. The number of nitrogens with one attached hydrogen (secondary N) is 1. The van der Waals surface area contributed by atoms with Crippen molar-refractivity contribution in [3.63, 3.8) is 0 Å². The first-order valence-electron chi connectivity index (χ1n) is 6.41. The second-order valence-corrected chi connectivity index (χ2v) is 4.77. The zero-order valence-electron chi connectivity index (χ0n) is 11.8. The van der Waals surface area contributed by atoms with Gasteiger partial charge in [0.05, 0.1) is 18.8 Å². The standard InChI is InChI=1S/C16H18FNO2/c1-10-4-6-14(17)15(8-10)18-11(2)13-9-12(20-3)5-7-16(13)19/h4-9,11,18-19H,1-3H3. The van der Waals surface area contributed by atoms with Crippen LogP contribution in [-0.2, 0) is 0 Å². The molecular formula is C16H18FNO2. The summed E-state index contributed by atoms with van der Waals surface area (Å²) in [7, 11) is 1.56. The number of hydrogen-bond donors (Lipinski definition) is 2. The molecule has 0 aliphatic rings. The molecule has 2 rings (SSSR count). The molecule has 2 N–H and O–H groups in total. The topological polar surface area (TPSA) is 41.5 Å². The van der Waals surface area contributed by atoms with Crippen LogP contribution in [0.25, 0.3) is 0 Å². The van der Waals surface area contributed by atoms with Gasteiger partial charge in [0.15, 0.2) is 0 Å². The first-order chi connectivity index (χ1) is 9.51. The summed E-state index contributed by atoms with van der Waals surface area (Å²) in [6.45, 7) is 3.76. The minimum absolute atomic E-state index is 0.152. The Hall–Kier alpha value is -2.23. The highest BCUT2D eigenvalue weighted by Crippen LogP contribution is 2.31. The second-order valence-electron chi connectivity index (χ2n) is 4.77. The lowest BCUT2D eigenvalue weighted by Gasteiger charge is -2.18. The lowest BCUT2D eigenvalue weighted by atomic mass is 10.1. The van der Waals surface area contributed by atoms with Crippen molar-refractivity contribution in [2.45, 2.75) is 19.9 Å². The average Bonchev–Trinajstić information content (AvgIpc) is 2.43. The number of aryl methyl sites for hydroxylation is 1. The van der Waals surface area contributed by atoms with E-state index in [0.717, 1.165) is 5.56 Å². The fraction of sp³-hybridized carbons (Fsp3) is 0.250. The Bertz CT molecular complexity index is 613. The molecular weight excluding hydrogens is 257 g/mol. The van der Waals surface area contributed by atoms with E-state index < -0.39 is 0 Å². The SMILES string of the molecule is COc1ccc(O)c(C(C)Nc2cc(C)ccc2F)c1. The summed E-state index contributed by atoms with van der Waals surface area (Å²) in [4.78, 5) is 0. The van der Waals surface area contributed by atoms with E-state index in [1.165, 1.54) is 6.07 Å². The van der Waals surface area contributed by atoms with Crippen molar-refractivity contribution in [3.05, 3.63) is 53.3 Å². The molecule has 0 bridgehead atoms. The lowest BCUT2D eigenvalue weighted by Crippen LogP contribution is -2.08. The van der Waals surface area contributed by atoms with Crippen molar-refractivity contribution in [1.82, 2.24) is 0 Å². The van der Waals surface area contributed by atoms with Gasteiger partial charge in [-0.1, -0.05) is 6.07 Å². The second kappa shape index (κ2) is 5.82. The van der Waals surface area contributed by atoms with Gasteiger partial charge in [-0.2, -0.15) is 0 Å². The summed E-state index contributed by atoms with van der Waals surface area (Å²) < 4.78 is 18.9. The van der Waals surface area contributed by atoms with Gasteiger partial charge in [0.1, 0.15) is 17.3 Å². The minimum atomic E-state index is -0.315. The first kappa shape index (κ1) is 14.2. The summed E-state index contributed by atoms with van der Waals surface area (Å²) in [5.74, 6) is 0.486. The normalized spacial score (nSPS) is 12.0. The van der Waals surface area contributed by atoms with Gasteiger partial charge in [-0.05, 0) is 49.7 Å². The third kappa shape index (κ3) is 3.02. The number of hydrogen-bond acceptors (Lipinski definition) is 3. The Morgan fingerprint density at radius 2 is 1.95 bits per heavy atom. The number of benzene rings is 2. The van der Waals surface area contributed by atoms with Crippen molar-refractivity contribution in [2.75, 3.05) is 12.4 Å². The van der Waals surface area contributed by atoms with Crippen LogP contribution in [0.2, 0.25) is 0 Å². The molecule has 0 amide bonds. The van der Waals surface area contributed by atoms with Crippen molar-refractivity contribution >= 4 is 5.69 Å². The van der Waals surface area contributed by atoms with Crippen molar-refractivity contribution < 1.29 is 14.2 Å². The maximum absolute atomic E-state index is 13.7. The zero-order valence-corrected chi connectivity index (χ0v) is 11.8. The number of phenolic OH excluding ortho intramolecular Hbond substituents is 1. The Morgan fingerprint density at radius 3 is 2.65 bits per heavy atom. The maximum atomic E-state index is 13.7. The van der Waals surface area contributed by atoms with Gasteiger partial charge in [0.2, 0.25) is 0 Å². The van der Waals surface area contributed by atoms with Gasteiger partial charge < -0.3 is 15.2 Å². The molecule has 2 aromatic rings. The maximum Gasteiger partial charge on any atom is 0.146 e. The summed E-state index contributed by atoms with van der Waals surface area (Å²) >= 11 is 0. The molecule has 0 radical (unpaired) electrons. The molecule has 0 spiro atoms. The van der Waals surface area contributed by atoms with Crippen LogP contribution in [0.5, 0.6) is 11.5 Å². The first-order valence-corrected chi connectivity index (χ1v) is 6.41. The quantitative estimate of drug-likeness (QED) is 0.885. The van der Waals surface area contributed by atoms with E-state index >= 15 is 0 Å². The molecule has 0 aliphatic carbocycles. The predicted molar refractivity (Wildman–Crippen MR) is 77.8 cm³/mol. The molecule has 3 nitrogen and oxygen atoms in total. The third-order valence-electron chi connectivity index (χ3n) is 3.20. The fourth-order valence-corrected chi connectivity index (χ4v) is 2.07. The number of ether oxygens (including phenoxy) is 1. The molecule has 0 fully saturated rings. The average molecular weight is 275 g/mol. The smallest absolute Gasteiger partial charge is 0.146 e. The monoisotopic (exact) mass is 275 g/mol. The number of methoxy groups -OCH3 is 1. The molecule has 1 atom stereocenters. The van der Waals surface area contributed by atoms with Gasteiger partial charge in [0, 0.05) is 5.56 Å². The van der Waals surface area contributed by atoms with Gasteiger partial charge in [-0.15, -0.1) is 0 Å². The molecule has 4 heteroatoms. The summed E-state index contributed by atoms with van der Waals surface area (Å²) in [5.41, 5.74) is 2.04. The molecule has 0 heterocycles. The van der Waals surface area contributed by atoms with Crippen LogP contribution in [0.4, 0.5) is 10.1 Å². The highest BCUT2D eigenvalue weighted by atomic mass is 19.1. The van der Waals surface area contributed by atoms with E-state index in [1.807, 2.05) is 13.8 Å². The number of aromatic hydroxyl groups is 1. The molecule has 20 heavy (non-hydrogen) atoms. The van der Waals surface area contributed by atoms with Crippen LogP contribution < -0.4 is 10.1 Å². The number of halogens is 1. The Labute approximate surface area is 118 Å². The predicted octanol–water partition coefficient (Wildman–Crippen LogP) is 4.02. The van der Waals surface area contributed by atoms with E-state index in [2.05, 4.69) is 5.32 Å². The molecule has 0 saturated heterocycles. The molecule has 0 aromatic heterocycles. The highest BCUT2D eigenvalue weighted by Gasteiger charge is 2.13. The van der Waals surface area contributed by atoms with Crippen molar-refractivity contribution in [3.8, 4) is 11.5 Å². The largest absolute Gasteiger partial charge is 0.508 e. The third-order valence-corrected chi connectivity index (χ3v) is 3.20. The molecule has 106 valence electrons. The zero-order chi connectivity index (χ0) is 14.7. The summed E-state index contributed by atoms with van der Waals surface area (Å²) in [6.07, 6.45) is 0. The summed E-state index contributed by atoms with van der Waals surface area (Å²) in [6, 6.07) is 9.62. The number of rotatable bonds is 4. The Kier molecular flexibility index (Phi) is 4.13. The molecule has 0 saturated carbocycles. The van der Waals surface area contributed by atoms with Crippen molar-refractivity contribution in [1.29, 1.82) is 0 Å². The van der Waals surface area contributed by atoms with E-state index in [1.54, 1.807) is 37.4 Å². The van der Waals surface area contributed by atoms with Gasteiger partial charge >= 0.3 is 0 Å². The lowest BCUT2D eigenvalue weighted by molar-refractivity contribution is 0.410. The van der Waals surface area contributed by atoms with Crippen molar-refractivity contribution in [2.24, 2.45) is 0 Å².